The Morgan fingerprint density at radius 1 is 1.07 bits per heavy atom. The van der Waals surface area contributed by atoms with Crippen LogP contribution in [0.4, 0.5) is 0 Å². The van der Waals surface area contributed by atoms with Crippen LogP contribution in [0.25, 0.3) is 0 Å². The van der Waals surface area contributed by atoms with Crippen molar-refractivity contribution in [2.24, 2.45) is 4.99 Å². The Hall–Kier alpha value is -2.09. The number of nitrogens with one attached hydrogen (secondary N) is 2. The molecule has 0 fully saturated rings. The van der Waals surface area contributed by atoms with E-state index < -0.39 is 0 Å². The quantitative estimate of drug-likeness (QED) is 0.363. The molecule has 5 nitrogen and oxygen atoms in total. The van der Waals surface area contributed by atoms with Gasteiger partial charge in [0.2, 0.25) is 0 Å². The maximum atomic E-state index is 11.7. The van der Waals surface area contributed by atoms with Crippen LogP contribution in [0.15, 0.2) is 59.6 Å². The van der Waals surface area contributed by atoms with Gasteiger partial charge in [0.15, 0.2) is 5.96 Å². The highest BCUT2D eigenvalue weighted by Crippen LogP contribution is 2.07. The first-order valence-corrected chi connectivity index (χ1v) is 8.98. The molecule has 0 spiro atoms. The standard InChI is InChI=1S/C21H28N4O.HI/c1-4-23-21(25(3)16-18-9-6-5-7-10-18)24-14-13-17-11-8-12-19(15-17)20(26)22-2;/h5-12,15H,4,13-14,16H2,1-3H3,(H,22,26)(H,23,24);1H. The van der Waals surface area contributed by atoms with Crippen LogP contribution in [-0.2, 0) is 13.0 Å². The Morgan fingerprint density at radius 2 is 1.78 bits per heavy atom. The number of nitrogens with zero attached hydrogens (tertiary/aromatic N) is 2. The van der Waals surface area contributed by atoms with Crippen molar-refractivity contribution >= 4 is 35.8 Å². The molecule has 0 radical (unpaired) electrons. The zero-order valence-electron chi connectivity index (χ0n) is 16.2. The third kappa shape index (κ3) is 7.58. The molecule has 27 heavy (non-hydrogen) atoms. The van der Waals surface area contributed by atoms with Crippen LogP contribution in [0, 0.1) is 0 Å². The lowest BCUT2D eigenvalue weighted by atomic mass is 10.1. The normalized spacial score (nSPS) is 10.7. The molecule has 0 saturated carbocycles. The van der Waals surface area contributed by atoms with Crippen molar-refractivity contribution in [1.29, 1.82) is 0 Å². The van der Waals surface area contributed by atoms with Crippen molar-refractivity contribution in [3.05, 3.63) is 71.3 Å². The summed E-state index contributed by atoms with van der Waals surface area (Å²) in [4.78, 5) is 18.6. The summed E-state index contributed by atoms with van der Waals surface area (Å²) >= 11 is 0. The third-order valence-electron chi connectivity index (χ3n) is 4.04. The number of benzene rings is 2. The number of rotatable bonds is 7. The van der Waals surface area contributed by atoms with Gasteiger partial charge in [-0.3, -0.25) is 9.79 Å². The summed E-state index contributed by atoms with van der Waals surface area (Å²) in [5.74, 6) is 0.824. The van der Waals surface area contributed by atoms with E-state index in [9.17, 15) is 4.79 Å². The SMILES string of the molecule is CCNC(=NCCc1cccc(C(=O)NC)c1)N(C)Cc1ccccc1.I. The van der Waals surface area contributed by atoms with Gasteiger partial charge in [-0.25, -0.2) is 0 Å². The van der Waals surface area contributed by atoms with Crippen LogP contribution in [0.2, 0.25) is 0 Å². The van der Waals surface area contributed by atoms with E-state index in [1.165, 1.54) is 5.56 Å². The second kappa shape index (κ2) is 12.3. The molecular formula is C21H29IN4O. The highest BCUT2D eigenvalue weighted by atomic mass is 127. The average molecular weight is 480 g/mol. The van der Waals surface area contributed by atoms with Gasteiger partial charge >= 0.3 is 0 Å². The summed E-state index contributed by atoms with van der Waals surface area (Å²) in [5, 5.41) is 5.99. The Labute approximate surface area is 179 Å². The second-order valence-electron chi connectivity index (χ2n) is 6.11. The number of carbonyl (C=O) groups is 1. The molecule has 6 heteroatoms. The third-order valence-corrected chi connectivity index (χ3v) is 4.04. The van der Waals surface area contributed by atoms with Gasteiger partial charge in [-0.05, 0) is 36.6 Å². The zero-order valence-corrected chi connectivity index (χ0v) is 18.6. The fourth-order valence-electron chi connectivity index (χ4n) is 2.71. The lowest BCUT2D eigenvalue weighted by molar-refractivity contribution is 0.0963. The average Bonchev–Trinajstić information content (AvgIpc) is 2.67. The number of hydrogen-bond acceptors (Lipinski definition) is 2. The smallest absolute Gasteiger partial charge is 0.251 e. The maximum Gasteiger partial charge on any atom is 0.251 e. The van der Waals surface area contributed by atoms with Gasteiger partial charge in [0.05, 0.1) is 0 Å². The minimum Gasteiger partial charge on any atom is -0.357 e. The molecule has 2 N–H and O–H groups in total. The first-order valence-electron chi connectivity index (χ1n) is 8.98. The van der Waals surface area contributed by atoms with Crippen LogP contribution in [0.3, 0.4) is 0 Å². The first-order chi connectivity index (χ1) is 12.6. The minimum absolute atomic E-state index is 0. The van der Waals surface area contributed by atoms with E-state index in [2.05, 4.69) is 34.6 Å². The molecule has 0 unspecified atom stereocenters. The summed E-state index contributed by atoms with van der Waals surface area (Å²) in [5.41, 5.74) is 3.04. The number of halogens is 1. The van der Waals surface area contributed by atoms with E-state index in [-0.39, 0.29) is 29.9 Å². The molecule has 0 heterocycles. The number of guanidine groups is 1. The Morgan fingerprint density at radius 3 is 2.44 bits per heavy atom. The fourth-order valence-corrected chi connectivity index (χ4v) is 2.71. The predicted octanol–water partition coefficient (Wildman–Crippen LogP) is 3.30. The van der Waals surface area contributed by atoms with E-state index in [1.54, 1.807) is 7.05 Å². The summed E-state index contributed by atoms with van der Waals surface area (Å²) in [7, 11) is 3.69. The second-order valence-corrected chi connectivity index (χ2v) is 6.11. The highest BCUT2D eigenvalue weighted by molar-refractivity contribution is 14.0. The van der Waals surface area contributed by atoms with Gasteiger partial charge in [0.25, 0.3) is 5.91 Å². The molecule has 0 aliphatic rings. The Balaban J connectivity index is 0.00000364. The molecule has 0 bridgehead atoms. The monoisotopic (exact) mass is 480 g/mol. The van der Waals surface area contributed by atoms with E-state index in [1.807, 2.05) is 49.5 Å². The summed E-state index contributed by atoms with van der Waals surface area (Å²) in [6.45, 7) is 4.36. The lowest BCUT2D eigenvalue weighted by Crippen LogP contribution is -2.38. The highest BCUT2D eigenvalue weighted by Gasteiger charge is 2.07. The minimum atomic E-state index is -0.0636. The lowest BCUT2D eigenvalue weighted by Gasteiger charge is -2.22. The van der Waals surface area contributed by atoms with Crippen LogP contribution < -0.4 is 10.6 Å². The number of aliphatic imine (C=N–C) groups is 1. The Bertz CT molecular complexity index is 734. The largest absolute Gasteiger partial charge is 0.357 e. The maximum absolute atomic E-state index is 11.7. The first kappa shape index (κ1) is 23.0. The van der Waals surface area contributed by atoms with Crippen molar-refractivity contribution in [2.75, 3.05) is 27.2 Å². The van der Waals surface area contributed by atoms with Gasteiger partial charge in [0, 0.05) is 39.3 Å². The number of amides is 1. The van der Waals surface area contributed by atoms with Crippen molar-refractivity contribution < 1.29 is 4.79 Å². The molecular weight excluding hydrogens is 451 g/mol. The van der Waals surface area contributed by atoms with E-state index in [0.29, 0.717) is 12.1 Å². The van der Waals surface area contributed by atoms with Crippen molar-refractivity contribution in [3.63, 3.8) is 0 Å². The zero-order chi connectivity index (χ0) is 18.8. The topological polar surface area (TPSA) is 56.7 Å². The summed E-state index contributed by atoms with van der Waals surface area (Å²) < 4.78 is 0. The molecule has 0 atom stereocenters. The molecule has 2 aromatic carbocycles. The van der Waals surface area contributed by atoms with E-state index in [4.69, 9.17) is 4.99 Å². The number of hydrogen-bond donors (Lipinski definition) is 2. The fraction of sp³-hybridized carbons (Fsp3) is 0.333. The summed E-state index contributed by atoms with van der Waals surface area (Å²) in [6.07, 6.45) is 0.791. The summed E-state index contributed by atoms with van der Waals surface area (Å²) in [6, 6.07) is 18.0. The van der Waals surface area contributed by atoms with Crippen molar-refractivity contribution in [1.82, 2.24) is 15.5 Å². The van der Waals surface area contributed by atoms with Crippen LogP contribution >= 0.6 is 24.0 Å². The molecule has 0 aliphatic carbocycles. The molecule has 146 valence electrons. The van der Waals surface area contributed by atoms with Crippen molar-refractivity contribution in [2.45, 2.75) is 19.9 Å². The van der Waals surface area contributed by atoms with Gasteiger partial charge in [-0.2, -0.15) is 0 Å². The van der Waals surface area contributed by atoms with Gasteiger partial charge in [-0.1, -0.05) is 42.5 Å². The van der Waals surface area contributed by atoms with Gasteiger partial charge < -0.3 is 15.5 Å². The van der Waals surface area contributed by atoms with Crippen LogP contribution in [-0.4, -0.2) is 44.0 Å². The van der Waals surface area contributed by atoms with E-state index >= 15 is 0 Å². The Kier molecular flexibility index (Phi) is 10.5. The van der Waals surface area contributed by atoms with Crippen LogP contribution in [0.5, 0.6) is 0 Å². The van der Waals surface area contributed by atoms with Crippen LogP contribution in [0.1, 0.15) is 28.4 Å². The molecule has 0 saturated heterocycles. The van der Waals surface area contributed by atoms with Crippen molar-refractivity contribution in [3.8, 4) is 0 Å². The molecule has 2 rings (SSSR count). The molecule has 1 amide bonds. The molecule has 0 aromatic heterocycles. The van der Waals surface area contributed by atoms with E-state index in [0.717, 1.165) is 31.0 Å². The number of carbonyl (C=O) groups excluding carboxylic acids is 1. The molecule has 0 aliphatic heterocycles. The van der Waals surface area contributed by atoms with Gasteiger partial charge in [0.1, 0.15) is 0 Å². The predicted molar refractivity (Wildman–Crippen MR) is 123 cm³/mol. The van der Waals surface area contributed by atoms with Gasteiger partial charge in [-0.15, -0.1) is 24.0 Å². The molecule has 2 aromatic rings.